The summed E-state index contributed by atoms with van der Waals surface area (Å²) in [4.78, 5) is 16.2. The molecule has 0 bridgehead atoms. The number of nitrogens with zero attached hydrogens (tertiary/aromatic N) is 1. The summed E-state index contributed by atoms with van der Waals surface area (Å²) in [6, 6.07) is 9.98. The van der Waals surface area contributed by atoms with Crippen LogP contribution >= 0.6 is 0 Å². The maximum Gasteiger partial charge on any atom is 0.341 e. The van der Waals surface area contributed by atoms with Crippen LogP contribution in [0, 0.1) is 13.8 Å². The molecule has 0 saturated heterocycles. The van der Waals surface area contributed by atoms with Gasteiger partial charge in [-0.05, 0) is 32.4 Å². The number of carbonyl (C=O) groups excluding carboxylic acids is 1. The number of rotatable bonds is 6. The van der Waals surface area contributed by atoms with Crippen molar-refractivity contribution < 1.29 is 13.9 Å². The zero-order valence-corrected chi connectivity index (χ0v) is 15.2. The van der Waals surface area contributed by atoms with Gasteiger partial charge in [-0.1, -0.05) is 29.8 Å². The molecule has 6 heteroatoms. The molecule has 6 nitrogen and oxygen atoms in total. The number of furan rings is 1. The predicted molar refractivity (Wildman–Crippen MR) is 97.6 cm³/mol. The zero-order chi connectivity index (χ0) is 18.2. The van der Waals surface area contributed by atoms with Crippen LogP contribution in [0.25, 0.3) is 0 Å². The lowest BCUT2D eigenvalue weighted by atomic mass is 10.1. The molecule has 0 fully saturated rings. The zero-order valence-electron chi connectivity index (χ0n) is 15.2. The van der Waals surface area contributed by atoms with Crippen molar-refractivity contribution in [3.05, 3.63) is 58.5 Å². The number of carbonyl (C=O) groups is 1. The van der Waals surface area contributed by atoms with Gasteiger partial charge < -0.3 is 19.8 Å². The van der Waals surface area contributed by atoms with E-state index in [4.69, 9.17) is 9.15 Å². The molecule has 0 saturated carbocycles. The Labute approximate surface area is 148 Å². The van der Waals surface area contributed by atoms with Crippen LogP contribution in [0.5, 0.6) is 0 Å². The van der Waals surface area contributed by atoms with Crippen LogP contribution in [0.2, 0.25) is 0 Å². The molecule has 0 amide bonds. The molecule has 2 rings (SSSR count). The highest BCUT2D eigenvalue weighted by atomic mass is 16.5. The Bertz CT molecular complexity index is 733. The molecule has 0 aliphatic carbocycles. The number of aryl methyl sites for hydroxylation is 2. The summed E-state index contributed by atoms with van der Waals surface area (Å²) >= 11 is 0. The molecular formula is C19H25N3O3. The average Bonchev–Trinajstić information content (AvgIpc) is 2.99. The Kier molecular flexibility index (Phi) is 6.62. The summed E-state index contributed by atoms with van der Waals surface area (Å²) in [7, 11) is 1.35. The highest BCUT2D eigenvalue weighted by molar-refractivity contribution is 5.90. The van der Waals surface area contributed by atoms with Gasteiger partial charge in [-0.2, -0.15) is 0 Å². The van der Waals surface area contributed by atoms with E-state index in [1.807, 2.05) is 6.92 Å². The normalized spacial score (nSPS) is 11.3. The van der Waals surface area contributed by atoms with E-state index in [2.05, 4.69) is 46.8 Å². The van der Waals surface area contributed by atoms with E-state index in [0.29, 0.717) is 36.1 Å². The smallest absolute Gasteiger partial charge is 0.341 e. The van der Waals surface area contributed by atoms with Gasteiger partial charge in [-0.25, -0.2) is 9.79 Å². The van der Waals surface area contributed by atoms with Crippen LogP contribution in [0.15, 0.2) is 39.7 Å². The predicted octanol–water partition coefficient (Wildman–Crippen LogP) is 2.94. The van der Waals surface area contributed by atoms with E-state index in [1.165, 1.54) is 12.7 Å². The van der Waals surface area contributed by atoms with E-state index in [9.17, 15) is 4.79 Å². The van der Waals surface area contributed by atoms with Crippen molar-refractivity contribution in [3.8, 4) is 0 Å². The maximum atomic E-state index is 11.6. The third kappa shape index (κ3) is 5.38. The molecule has 0 atom stereocenters. The van der Waals surface area contributed by atoms with Gasteiger partial charge in [-0.15, -0.1) is 0 Å². The van der Waals surface area contributed by atoms with E-state index in [0.717, 1.165) is 12.1 Å². The number of methoxy groups -OCH3 is 1. The van der Waals surface area contributed by atoms with E-state index >= 15 is 0 Å². The second kappa shape index (κ2) is 8.92. The van der Waals surface area contributed by atoms with Gasteiger partial charge >= 0.3 is 5.97 Å². The third-order valence-corrected chi connectivity index (χ3v) is 3.69. The summed E-state index contributed by atoms with van der Waals surface area (Å²) in [6.45, 7) is 7.58. The second-order valence-corrected chi connectivity index (χ2v) is 5.71. The molecule has 0 spiro atoms. The highest BCUT2D eigenvalue weighted by Crippen LogP contribution is 2.15. The first kappa shape index (κ1) is 18.6. The Morgan fingerprint density at radius 1 is 1.20 bits per heavy atom. The molecule has 1 aromatic carbocycles. The number of ether oxygens (including phenoxy) is 1. The Morgan fingerprint density at radius 2 is 1.92 bits per heavy atom. The topological polar surface area (TPSA) is 75.9 Å². The first-order chi connectivity index (χ1) is 12.0. The molecular weight excluding hydrogens is 318 g/mol. The standard InChI is InChI=1S/C19H25N3O3/c1-5-20-19(21-11-15-8-6-13(2)7-9-15)22-12-16-10-17(14(3)25-16)18(23)24-4/h6-10H,5,11-12H2,1-4H3,(H2,20,21,22). The fraction of sp³-hybridized carbons (Fsp3) is 0.368. The quantitative estimate of drug-likeness (QED) is 0.479. The summed E-state index contributed by atoms with van der Waals surface area (Å²) in [5.41, 5.74) is 2.82. The van der Waals surface area contributed by atoms with Crippen LogP contribution < -0.4 is 10.6 Å². The lowest BCUT2D eigenvalue weighted by Gasteiger charge is -2.10. The number of esters is 1. The van der Waals surface area contributed by atoms with E-state index in [1.54, 1.807) is 13.0 Å². The van der Waals surface area contributed by atoms with Crippen molar-refractivity contribution in [1.82, 2.24) is 10.6 Å². The van der Waals surface area contributed by atoms with Crippen molar-refractivity contribution in [2.75, 3.05) is 13.7 Å². The van der Waals surface area contributed by atoms with Crippen LogP contribution in [0.1, 0.15) is 39.9 Å². The van der Waals surface area contributed by atoms with Crippen molar-refractivity contribution in [2.24, 2.45) is 4.99 Å². The molecule has 2 aromatic rings. The minimum Gasteiger partial charge on any atom is -0.465 e. The molecule has 2 N–H and O–H groups in total. The lowest BCUT2D eigenvalue weighted by Crippen LogP contribution is -2.36. The average molecular weight is 343 g/mol. The minimum absolute atomic E-state index is 0.396. The largest absolute Gasteiger partial charge is 0.465 e. The van der Waals surface area contributed by atoms with Crippen molar-refractivity contribution >= 4 is 11.9 Å². The number of nitrogens with one attached hydrogen (secondary N) is 2. The van der Waals surface area contributed by atoms with Crippen LogP contribution in [0.4, 0.5) is 0 Å². The lowest BCUT2D eigenvalue weighted by molar-refractivity contribution is 0.0599. The number of guanidine groups is 1. The number of hydrogen-bond acceptors (Lipinski definition) is 4. The SMILES string of the molecule is CCNC(=NCc1ccc(C)cc1)NCc1cc(C(=O)OC)c(C)o1. The van der Waals surface area contributed by atoms with Crippen molar-refractivity contribution in [2.45, 2.75) is 33.9 Å². The fourth-order valence-corrected chi connectivity index (χ4v) is 2.32. The highest BCUT2D eigenvalue weighted by Gasteiger charge is 2.15. The van der Waals surface area contributed by atoms with Crippen LogP contribution in [-0.2, 0) is 17.8 Å². The molecule has 25 heavy (non-hydrogen) atoms. The van der Waals surface area contributed by atoms with Gasteiger partial charge in [0.25, 0.3) is 0 Å². The van der Waals surface area contributed by atoms with Gasteiger partial charge in [-0.3, -0.25) is 0 Å². The first-order valence-electron chi connectivity index (χ1n) is 8.28. The Morgan fingerprint density at radius 3 is 2.56 bits per heavy atom. The van der Waals surface area contributed by atoms with Crippen molar-refractivity contribution in [3.63, 3.8) is 0 Å². The number of benzene rings is 1. The molecule has 134 valence electrons. The Hall–Kier alpha value is -2.76. The summed E-state index contributed by atoms with van der Waals surface area (Å²) in [5.74, 6) is 1.49. The molecule has 0 unspecified atom stereocenters. The molecule has 0 radical (unpaired) electrons. The van der Waals surface area contributed by atoms with Gasteiger partial charge in [0.15, 0.2) is 5.96 Å². The molecule has 0 aliphatic heterocycles. The Balaban J connectivity index is 2.00. The summed E-state index contributed by atoms with van der Waals surface area (Å²) in [5, 5.41) is 6.40. The maximum absolute atomic E-state index is 11.6. The van der Waals surface area contributed by atoms with Gasteiger partial charge in [0.2, 0.25) is 0 Å². The van der Waals surface area contributed by atoms with E-state index in [-0.39, 0.29) is 0 Å². The van der Waals surface area contributed by atoms with Gasteiger partial charge in [0.05, 0.1) is 20.2 Å². The fourth-order valence-electron chi connectivity index (χ4n) is 2.32. The summed E-state index contributed by atoms with van der Waals surface area (Å²) in [6.07, 6.45) is 0. The van der Waals surface area contributed by atoms with Gasteiger partial charge in [0, 0.05) is 6.54 Å². The molecule has 1 heterocycles. The second-order valence-electron chi connectivity index (χ2n) is 5.71. The first-order valence-corrected chi connectivity index (χ1v) is 8.28. The summed E-state index contributed by atoms with van der Waals surface area (Å²) < 4.78 is 10.3. The van der Waals surface area contributed by atoms with Gasteiger partial charge in [0.1, 0.15) is 17.1 Å². The molecule has 1 aromatic heterocycles. The number of aliphatic imine (C=N–C) groups is 1. The van der Waals surface area contributed by atoms with Crippen LogP contribution in [0.3, 0.4) is 0 Å². The third-order valence-electron chi connectivity index (χ3n) is 3.69. The monoisotopic (exact) mass is 343 g/mol. The minimum atomic E-state index is -0.396. The molecule has 0 aliphatic rings. The van der Waals surface area contributed by atoms with Crippen LogP contribution in [-0.4, -0.2) is 25.6 Å². The van der Waals surface area contributed by atoms with Crippen molar-refractivity contribution in [1.29, 1.82) is 0 Å². The number of hydrogen-bond donors (Lipinski definition) is 2. The van der Waals surface area contributed by atoms with E-state index < -0.39 is 5.97 Å².